The first kappa shape index (κ1) is 16.9. The predicted octanol–water partition coefficient (Wildman–Crippen LogP) is 3.23. The van der Waals surface area contributed by atoms with Crippen LogP contribution in [0.3, 0.4) is 0 Å². The van der Waals surface area contributed by atoms with Crippen LogP contribution in [0.1, 0.15) is 18.1 Å². The average Bonchev–Trinajstić information content (AvgIpc) is 3.15. The van der Waals surface area contributed by atoms with Crippen molar-refractivity contribution in [2.45, 2.75) is 25.4 Å². The molecule has 1 N–H and O–H groups in total. The molecule has 6 nitrogen and oxygen atoms in total. The van der Waals surface area contributed by atoms with Crippen LogP contribution in [0.25, 0.3) is 0 Å². The highest BCUT2D eigenvalue weighted by Crippen LogP contribution is 2.34. The van der Waals surface area contributed by atoms with Gasteiger partial charge in [-0.1, -0.05) is 34.1 Å². The summed E-state index contributed by atoms with van der Waals surface area (Å²) in [6.45, 7) is 2.20. The minimum Gasteiger partial charge on any atom is -0.454 e. The molecule has 2 aliphatic rings. The van der Waals surface area contributed by atoms with E-state index >= 15 is 0 Å². The minimum absolute atomic E-state index is 0.201. The SMILES string of the molecule is C[C@]1(Cc2ccc3c(c2)OCO3)NC(=O)N(Cc2ccc(Br)cc2)C1=O. The van der Waals surface area contributed by atoms with Crippen LogP contribution in [0.4, 0.5) is 4.79 Å². The van der Waals surface area contributed by atoms with E-state index < -0.39 is 5.54 Å². The van der Waals surface area contributed by atoms with Gasteiger partial charge in [-0.2, -0.15) is 0 Å². The Labute approximate surface area is 159 Å². The van der Waals surface area contributed by atoms with Gasteiger partial charge in [-0.05, 0) is 42.3 Å². The lowest BCUT2D eigenvalue weighted by molar-refractivity contribution is -0.131. The Bertz CT molecular complexity index is 884. The van der Waals surface area contributed by atoms with Crippen LogP contribution in [0.2, 0.25) is 0 Å². The minimum atomic E-state index is -0.986. The van der Waals surface area contributed by atoms with Crippen molar-refractivity contribution in [2.24, 2.45) is 0 Å². The van der Waals surface area contributed by atoms with Crippen LogP contribution < -0.4 is 14.8 Å². The molecule has 4 rings (SSSR count). The molecule has 0 unspecified atom stereocenters. The number of fused-ring (bicyclic) bond motifs is 1. The largest absolute Gasteiger partial charge is 0.454 e. The number of hydrogen-bond donors (Lipinski definition) is 1. The van der Waals surface area contributed by atoms with Gasteiger partial charge in [0.25, 0.3) is 5.91 Å². The molecule has 0 aromatic heterocycles. The number of rotatable bonds is 4. The highest BCUT2D eigenvalue weighted by Gasteiger charge is 2.47. The molecule has 2 aliphatic heterocycles. The number of nitrogens with one attached hydrogen (secondary N) is 1. The van der Waals surface area contributed by atoms with E-state index in [2.05, 4.69) is 21.2 Å². The van der Waals surface area contributed by atoms with E-state index in [4.69, 9.17) is 9.47 Å². The molecule has 0 aliphatic carbocycles. The molecule has 0 spiro atoms. The second-order valence-electron chi connectivity index (χ2n) is 6.64. The summed E-state index contributed by atoms with van der Waals surface area (Å²) in [4.78, 5) is 26.6. The van der Waals surface area contributed by atoms with E-state index in [0.29, 0.717) is 17.9 Å². The second kappa shape index (κ2) is 6.32. The maximum absolute atomic E-state index is 12.9. The first-order valence-electron chi connectivity index (χ1n) is 8.22. The van der Waals surface area contributed by atoms with Crippen molar-refractivity contribution in [3.8, 4) is 11.5 Å². The fourth-order valence-corrected chi connectivity index (χ4v) is 3.51. The Morgan fingerprint density at radius 3 is 2.54 bits per heavy atom. The summed E-state index contributed by atoms with van der Waals surface area (Å²) >= 11 is 3.38. The van der Waals surface area contributed by atoms with Crippen molar-refractivity contribution in [3.63, 3.8) is 0 Å². The first-order valence-corrected chi connectivity index (χ1v) is 9.01. The standard InChI is InChI=1S/C19H17BrN2O4/c1-19(9-13-4-7-15-16(8-13)26-11-25-15)17(23)22(18(24)21-19)10-12-2-5-14(20)6-3-12/h2-8H,9-11H2,1H3,(H,21,24)/t19-/m1/s1. The van der Waals surface area contributed by atoms with Gasteiger partial charge in [0.2, 0.25) is 6.79 Å². The summed E-state index contributed by atoms with van der Waals surface area (Å²) in [5.74, 6) is 1.12. The number of ether oxygens (including phenoxy) is 2. The van der Waals surface area contributed by atoms with Crippen LogP contribution in [0.15, 0.2) is 46.9 Å². The van der Waals surface area contributed by atoms with Crippen LogP contribution in [-0.2, 0) is 17.8 Å². The van der Waals surface area contributed by atoms with Gasteiger partial charge in [0.15, 0.2) is 11.5 Å². The molecule has 0 bridgehead atoms. The Morgan fingerprint density at radius 1 is 1.08 bits per heavy atom. The fourth-order valence-electron chi connectivity index (χ4n) is 3.24. The fraction of sp³-hybridized carbons (Fsp3) is 0.263. The monoisotopic (exact) mass is 416 g/mol. The Balaban J connectivity index is 1.52. The molecule has 7 heteroatoms. The van der Waals surface area contributed by atoms with Crippen molar-refractivity contribution in [2.75, 3.05) is 6.79 Å². The summed E-state index contributed by atoms with van der Waals surface area (Å²) in [6, 6.07) is 12.7. The van der Waals surface area contributed by atoms with Gasteiger partial charge in [0.05, 0.1) is 6.54 Å². The van der Waals surface area contributed by atoms with E-state index in [9.17, 15) is 9.59 Å². The third kappa shape index (κ3) is 3.03. The third-order valence-corrected chi connectivity index (χ3v) is 5.12. The molecule has 0 saturated carbocycles. The van der Waals surface area contributed by atoms with Gasteiger partial charge in [-0.25, -0.2) is 4.79 Å². The zero-order chi connectivity index (χ0) is 18.3. The maximum atomic E-state index is 12.9. The van der Waals surface area contributed by atoms with Crippen LogP contribution in [0, 0.1) is 0 Å². The molecule has 2 aromatic carbocycles. The van der Waals surface area contributed by atoms with Crippen LogP contribution >= 0.6 is 15.9 Å². The number of amides is 3. The molecule has 2 heterocycles. The molecule has 1 saturated heterocycles. The maximum Gasteiger partial charge on any atom is 0.325 e. The number of imide groups is 1. The lowest BCUT2D eigenvalue weighted by Gasteiger charge is -2.22. The average molecular weight is 417 g/mol. The highest BCUT2D eigenvalue weighted by atomic mass is 79.9. The number of carbonyl (C=O) groups is 2. The van der Waals surface area contributed by atoms with Gasteiger partial charge >= 0.3 is 6.03 Å². The summed E-state index contributed by atoms with van der Waals surface area (Å²) < 4.78 is 11.6. The molecule has 2 aromatic rings. The van der Waals surface area contributed by atoms with Crippen molar-refractivity contribution in [1.82, 2.24) is 10.2 Å². The van der Waals surface area contributed by atoms with Crippen molar-refractivity contribution >= 4 is 27.9 Å². The second-order valence-corrected chi connectivity index (χ2v) is 7.56. The van der Waals surface area contributed by atoms with E-state index in [1.54, 1.807) is 6.92 Å². The summed E-state index contributed by atoms with van der Waals surface area (Å²) in [5.41, 5.74) is 0.806. The molecule has 134 valence electrons. The van der Waals surface area contributed by atoms with Crippen LogP contribution in [0.5, 0.6) is 11.5 Å². The Morgan fingerprint density at radius 2 is 1.77 bits per heavy atom. The lowest BCUT2D eigenvalue weighted by Crippen LogP contribution is -2.45. The molecule has 1 fully saturated rings. The zero-order valence-electron chi connectivity index (χ0n) is 14.1. The van der Waals surface area contributed by atoms with Crippen molar-refractivity contribution in [3.05, 3.63) is 58.1 Å². The molecular weight excluding hydrogens is 400 g/mol. The van der Waals surface area contributed by atoms with Gasteiger partial charge in [-0.15, -0.1) is 0 Å². The lowest BCUT2D eigenvalue weighted by atomic mass is 9.92. The van der Waals surface area contributed by atoms with Gasteiger partial charge in [0.1, 0.15) is 5.54 Å². The summed E-state index contributed by atoms with van der Waals surface area (Å²) in [7, 11) is 0. The van der Waals surface area contributed by atoms with Gasteiger partial charge in [0, 0.05) is 10.9 Å². The number of carbonyl (C=O) groups excluding carboxylic acids is 2. The number of urea groups is 1. The summed E-state index contributed by atoms with van der Waals surface area (Å²) in [5, 5.41) is 2.83. The Hall–Kier alpha value is -2.54. The van der Waals surface area contributed by atoms with Gasteiger partial charge in [-0.3, -0.25) is 9.69 Å². The van der Waals surface area contributed by atoms with Gasteiger partial charge < -0.3 is 14.8 Å². The molecular formula is C19H17BrN2O4. The molecule has 1 atom stereocenters. The normalized spacial score (nSPS) is 21.2. The smallest absolute Gasteiger partial charge is 0.325 e. The number of benzene rings is 2. The van der Waals surface area contributed by atoms with E-state index in [1.165, 1.54) is 4.90 Å². The number of nitrogens with zero attached hydrogens (tertiary/aromatic N) is 1. The molecule has 26 heavy (non-hydrogen) atoms. The van der Waals surface area contributed by atoms with E-state index in [-0.39, 0.29) is 25.3 Å². The highest BCUT2D eigenvalue weighted by molar-refractivity contribution is 9.10. The molecule has 0 radical (unpaired) electrons. The summed E-state index contributed by atoms with van der Waals surface area (Å²) in [6.07, 6.45) is 0.380. The quantitative estimate of drug-likeness (QED) is 0.776. The van der Waals surface area contributed by atoms with E-state index in [1.807, 2.05) is 42.5 Å². The topological polar surface area (TPSA) is 67.9 Å². The predicted molar refractivity (Wildman–Crippen MR) is 97.9 cm³/mol. The van der Waals surface area contributed by atoms with Crippen LogP contribution in [-0.4, -0.2) is 29.2 Å². The van der Waals surface area contributed by atoms with Crippen molar-refractivity contribution < 1.29 is 19.1 Å². The third-order valence-electron chi connectivity index (χ3n) is 4.59. The first-order chi connectivity index (χ1) is 12.4. The number of halogens is 1. The zero-order valence-corrected chi connectivity index (χ0v) is 15.7. The Kier molecular flexibility index (Phi) is 4.11. The van der Waals surface area contributed by atoms with Crippen molar-refractivity contribution in [1.29, 1.82) is 0 Å². The molecule has 3 amide bonds. The van der Waals surface area contributed by atoms with E-state index in [0.717, 1.165) is 15.6 Å². The number of hydrogen-bond acceptors (Lipinski definition) is 4.